The van der Waals surface area contributed by atoms with E-state index < -0.39 is 11.4 Å². The molecule has 0 spiro atoms. The second kappa shape index (κ2) is 6.19. The summed E-state index contributed by atoms with van der Waals surface area (Å²) in [6.45, 7) is 3.57. The number of thiazole rings is 1. The van der Waals surface area contributed by atoms with Crippen molar-refractivity contribution in [1.82, 2.24) is 14.5 Å². The highest BCUT2D eigenvalue weighted by Crippen LogP contribution is 2.25. The van der Waals surface area contributed by atoms with E-state index in [-0.39, 0.29) is 17.0 Å². The van der Waals surface area contributed by atoms with Crippen molar-refractivity contribution < 1.29 is 9.90 Å². The molecular formula is C17H17N5O3S. The van der Waals surface area contributed by atoms with E-state index in [1.165, 1.54) is 17.5 Å². The SMILES string of the molecule is C[C@H]1CN(c2ccc3c(=O)c(C(=O)O)cn(-c4nccs4)c3n2)C[C@@H]1N. The number of anilines is 1. The molecule has 0 amide bonds. The molecule has 3 aromatic rings. The number of nitrogens with zero attached hydrogens (tertiary/aromatic N) is 4. The minimum absolute atomic E-state index is 0.0723. The number of aromatic carboxylic acids is 1. The van der Waals surface area contributed by atoms with Crippen LogP contribution in [0.15, 0.2) is 34.7 Å². The monoisotopic (exact) mass is 371 g/mol. The van der Waals surface area contributed by atoms with Crippen molar-refractivity contribution in [3.05, 3.63) is 45.7 Å². The van der Waals surface area contributed by atoms with Crippen LogP contribution in [-0.4, -0.2) is 44.7 Å². The molecule has 2 atom stereocenters. The maximum atomic E-state index is 12.5. The lowest BCUT2D eigenvalue weighted by molar-refractivity contribution is 0.0695. The molecule has 0 aromatic carbocycles. The van der Waals surface area contributed by atoms with Crippen LogP contribution in [0.3, 0.4) is 0 Å². The molecule has 0 unspecified atom stereocenters. The smallest absolute Gasteiger partial charge is 0.341 e. The Morgan fingerprint density at radius 1 is 1.38 bits per heavy atom. The summed E-state index contributed by atoms with van der Waals surface area (Å²) in [5.41, 5.74) is 5.64. The van der Waals surface area contributed by atoms with Crippen molar-refractivity contribution in [3.8, 4) is 5.13 Å². The first kappa shape index (κ1) is 16.7. The van der Waals surface area contributed by atoms with Gasteiger partial charge >= 0.3 is 5.97 Å². The molecule has 0 saturated carbocycles. The van der Waals surface area contributed by atoms with Gasteiger partial charge in [0.25, 0.3) is 0 Å². The van der Waals surface area contributed by atoms with Gasteiger partial charge in [0.05, 0.1) is 5.39 Å². The first-order valence-electron chi connectivity index (χ1n) is 8.16. The quantitative estimate of drug-likeness (QED) is 0.714. The first-order valence-corrected chi connectivity index (χ1v) is 9.04. The van der Waals surface area contributed by atoms with Crippen LogP contribution in [0.25, 0.3) is 16.2 Å². The zero-order chi connectivity index (χ0) is 18.4. The minimum atomic E-state index is -1.27. The molecule has 134 valence electrons. The molecule has 0 bridgehead atoms. The molecule has 1 fully saturated rings. The van der Waals surface area contributed by atoms with Crippen LogP contribution in [0.2, 0.25) is 0 Å². The Labute approximate surface area is 152 Å². The first-order chi connectivity index (χ1) is 12.5. The van der Waals surface area contributed by atoms with Gasteiger partial charge in [0, 0.05) is 36.9 Å². The Morgan fingerprint density at radius 2 is 2.19 bits per heavy atom. The summed E-state index contributed by atoms with van der Waals surface area (Å²) >= 11 is 1.34. The van der Waals surface area contributed by atoms with Crippen molar-refractivity contribution in [1.29, 1.82) is 0 Å². The fourth-order valence-electron chi connectivity index (χ4n) is 3.18. The van der Waals surface area contributed by atoms with Gasteiger partial charge in [-0.15, -0.1) is 11.3 Å². The van der Waals surface area contributed by atoms with Gasteiger partial charge in [-0.3, -0.25) is 9.36 Å². The number of hydrogen-bond donors (Lipinski definition) is 2. The number of nitrogens with two attached hydrogens (primary N) is 1. The largest absolute Gasteiger partial charge is 0.477 e. The van der Waals surface area contributed by atoms with Crippen molar-refractivity contribution in [2.45, 2.75) is 13.0 Å². The molecule has 26 heavy (non-hydrogen) atoms. The lowest BCUT2D eigenvalue weighted by Gasteiger charge is -2.18. The molecule has 4 heterocycles. The van der Waals surface area contributed by atoms with E-state index in [0.717, 1.165) is 6.54 Å². The average Bonchev–Trinajstić information content (AvgIpc) is 3.25. The van der Waals surface area contributed by atoms with E-state index in [9.17, 15) is 14.7 Å². The third-order valence-corrected chi connectivity index (χ3v) is 5.46. The highest BCUT2D eigenvalue weighted by Gasteiger charge is 2.28. The van der Waals surface area contributed by atoms with Gasteiger partial charge in [-0.05, 0) is 18.1 Å². The van der Waals surface area contributed by atoms with Crippen LogP contribution in [-0.2, 0) is 0 Å². The van der Waals surface area contributed by atoms with Gasteiger partial charge in [0.1, 0.15) is 11.4 Å². The molecule has 3 N–H and O–H groups in total. The van der Waals surface area contributed by atoms with Gasteiger partial charge in [0.15, 0.2) is 10.8 Å². The van der Waals surface area contributed by atoms with Crippen LogP contribution in [0, 0.1) is 5.92 Å². The fourth-order valence-corrected chi connectivity index (χ4v) is 3.80. The molecular weight excluding hydrogens is 354 g/mol. The van der Waals surface area contributed by atoms with Crippen LogP contribution < -0.4 is 16.1 Å². The van der Waals surface area contributed by atoms with Gasteiger partial charge in [0.2, 0.25) is 5.43 Å². The molecule has 0 aliphatic carbocycles. The number of carbonyl (C=O) groups is 1. The van der Waals surface area contributed by atoms with E-state index in [4.69, 9.17) is 5.73 Å². The Bertz CT molecular complexity index is 1040. The van der Waals surface area contributed by atoms with Crippen LogP contribution in [0.4, 0.5) is 5.82 Å². The number of carboxylic acid groups (broad SMARTS) is 1. The van der Waals surface area contributed by atoms with Gasteiger partial charge in [-0.2, -0.15) is 0 Å². The Kier molecular flexibility index (Phi) is 3.97. The topological polar surface area (TPSA) is 114 Å². The zero-order valence-corrected chi connectivity index (χ0v) is 14.8. The summed E-state index contributed by atoms with van der Waals surface area (Å²) in [5, 5.41) is 11.9. The van der Waals surface area contributed by atoms with Gasteiger partial charge in [-0.1, -0.05) is 6.92 Å². The predicted molar refractivity (Wildman–Crippen MR) is 99.3 cm³/mol. The maximum absolute atomic E-state index is 12.5. The predicted octanol–water partition coefficient (Wildman–Crippen LogP) is 1.32. The van der Waals surface area contributed by atoms with E-state index in [2.05, 4.69) is 21.8 Å². The third kappa shape index (κ3) is 2.65. The van der Waals surface area contributed by atoms with Gasteiger partial charge < -0.3 is 15.7 Å². The average molecular weight is 371 g/mol. The third-order valence-electron chi connectivity index (χ3n) is 4.69. The number of fused-ring (bicyclic) bond motifs is 1. The summed E-state index contributed by atoms with van der Waals surface area (Å²) in [7, 11) is 0. The summed E-state index contributed by atoms with van der Waals surface area (Å²) in [5.74, 6) is -0.209. The van der Waals surface area contributed by atoms with E-state index in [0.29, 0.717) is 29.1 Å². The highest BCUT2D eigenvalue weighted by atomic mass is 32.1. The van der Waals surface area contributed by atoms with E-state index >= 15 is 0 Å². The van der Waals surface area contributed by atoms with Crippen LogP contribution in [0.5, 0.6) is 0 Å². The zero-order valence-electron chi connectivity index (χ0n) is 14.0. The molecule has 1 aliphatic heterocycles. The molecule has 4 rings (SSSR count). The number of carboxylic acids is 1. The normalized spacial score (nSPS) is 20.0. The van der Waals surface area contributed by atoms with Crippen LogP contribution >= 0.6 is 11.3 Å². The standard InChI is InChI=1S/C17H17N5O3S/c1-9-6-21(8-12(9)18)13-3-2-10-14(23)11(16(24)25)7-22(15(10)20-13)17-19-4-5-26-17/h2-5,7,9,12H,6,8,18H2,1H3,(H,24,25)/t9-,12-/m0/s1. The van der Waals surface area contributed by atoms with Crippen molar-refractivity contribution in [3.63, 3.8) is 0 Å². The fraction of sp³-hybridized carbons (Fsp3) is 0.294. The molecule has 9 heteroatoms. The van der Waals surface area contributed by atoms with Crippen molar-refractivity contribution in [2.24, 2.45) is 11.7 Å². The summed E-state index contributed by atoms with van der Waals surface area (Å²) < 4.78 is 1.56. The number of rotatable bonds is 3. The molecule has 0 radical (unpaired) electrons. The maximum Gasteiger partial charge on any atom is 0.341 e. The Hall–Kier alpha value is -2.78. The second-order valence-electron chi connectivity index (χ2n) is 6.45. The summed E-state index contributed by atoms with van der Waals surface area (Å²) in [4.78, 5) is 35.0. The Balaban J connectivity index is 1.94. The number of pyridine rings is 2. The molecule has 1 saturated heterocycles. The highest BCUT2D eigenvalue weighted by molar-refractivity contribution is 7.12. The molecule has 8 nitrogen and oxygen atoms in total. The lowest BCUT2D eigenvalue weighted by Crippen LogP contribution is -2.29. The lowest BCUT2D eigenvalue weighted by atomic mass is 10.1. The Morgan fingerprint density at radius 3 is 2.81 bits per heavy atom. The van der Waals surface area contributed by atoms with Gasteiger partial charge in [-0.25, -0.2) is 14.8 Å². The summed E-state index contributed by atoms with van der Waals surface area (Å²) in [6.07, 6.45) is 2.91. The van der Waals surface area contributed by atoms with Crippen molar-refractivity contribution >= 4 is 34.2 Å². The van der Waals surface area contributed by atoms with E-state index in [1.807, 2.05) is 0 Å². The second-order valence-corrected chi connectivity index (χ2v) is 7.32. The number of aromatic nitrogens is 3. The van der Waals surface area contributed by atoms with Crippen molar-refractivity contribution in [2.75, 3.05) is 18.0 Å². The minimum Gasteiger partial charge on any atom is -0.477 e. The van der Waals surface area contributed by atoms with Crippen LogP contribution in [0.1, 0.15) is 17.3 Å². The molecule has 3 aromatic heterocycles. The molecule has 1 aliphatic rings. The summed E-state index contributed by atoms with van der Waals surface area (Å²) in [6, 6.07) is 3.44. The van der Waals surface area contributed by atoms with E-state index in [1.54, 1.807) is 28.3 Å². The number of hydrogen-bond acceptors (Lipinski definition) is 7.